The molecule has 0 aromatic heterocycles. The molecule has 29 heavy (non-hydrogen) atoms. The fourth-order valence-electron chi connectivity index (χ4n) is 4.16. The van der Waals surface area contributed by atoms with E-state index in [9.17, 15) is 9.59 Å². The third kappa shape index (κ3) is 4.40. The predicted molar refractivity (Wildman–Crippen MR) is 115 cm³/mol. The van der Waals surface area contributed by atoms with Gasteiger partial charge >= 0.3 is 5.97 Å². The number of fused-ring (bicyclic) bond motifs is 1. The van der Waals surface area contributed by atoms with Gasteiger partial charge in [0.15, 0.2) is 0 Å². The number of ether oxygens (including phenoxy) is 1. The number of hydrogen-bond acceptors (Lipinski definition) is 3. The van der Waals surface area contributed by atoms with Crippen LogP contribution in [0.2, 0.25) is 0 Å². The summed E-state index contributed by atoms with van der Waals surface area (Å²) in [6, 6.07) is 22.2. The van der Waals surface area contributed by atoms with Crippen LogP contribution in [0.15, 0.2) is 66.7 Å². The highest BCUT2D eigenvalue weighted by Crippen LogP contribution is 2.26. The van der Waals surface area contributed by atoms with Crippen molar-refractivity contribution in [3.63, 3.8) is 0 Å². The van der Waals surface area contributed by atoms with Crippen molar-refractivity contribution in [1.82, 2.24) is 0 Å². The summed E-state index contributed by atoms with van der Waals surface area (Å²) in [4.78, 5) is 24.4. The van der Waals surface area contributed by atoms with Crippen LogP contribution in [0, 0.1) is 5.92 Å². The monoisotopic (exact) mass is 386 g/mol. The molecule has 0 amide bonds. The quantitative estimate of drug-likeness (QED) is 0.518. The molecule has 1 unspecified atom stereocenters. The number of Topliss-reactive ketones (excluding diaryl/α,β-unsaturated/α-hetero) is 1. The van der Waals surface area contributed by atoms with E-state index in [1.54, 1.807) is 0 Å². The van der Waals surface area contributed by atoms with E-state index in [4.69, 9.17) is 4.74 Å². The minimum atomic E-state index is -0.327. The molecule has 3 nitrogen and oxygen atoms in total. The minimum absolute atomic E-state index is 0.170. The van der Waals surface area contributed by atoms with E-state index >= 15 is 0 Å². The molecule has 1 aliphatic rings. The number of ketones is 1. The summed E-state index contributed by atoms with van der Waals surface area (Å²) in [5, 5.41) is 2.26. The SMILES string of the molecule is C[C@H](C(=O)OCc1cccc2ccccc12)c1ccc(CC2CCCC2=O)cc1. The fraction of sp³-hybridized carbons (Fsp3) is 0.308. The van der Waals surface area contributed by atoms with Crippen molar-refractivity contribution in [1.29, 1.82) is 0 Å². The van der Waals surface area contributed by atoms with Crippen molar-refractivity contribution in [3.05, 3.63) is 83.4 Å². The van der Waals surface area contributed by atoms with Crippen molar-refractivity contribution in [2.45, 2.75) is 45.1 Å². The first-order chi connectivity index (χ1) is 14.1. The van der Waals surface area contributed by atoms with Gasteiger partial charge in [-0.3, -0.25) is 9.59 Å². The molecule has 1 aliphatic carbocycles. The highest BCUT2D eigenvalue weighted by Gasteiger charge is 2.24. The van der Waals surface area contributed by atoms with Crippen LogP contribution >= 0.6 is 0 Å². The van der Waals surface area contributed by atoms with Gasteiger partial charge in [0.25, 0.3) is 0 Å². The second kappa shape index (κ2) is 8.60. The normalized spacial score (nSPS) is 17.4. The molecule has 0 bridgehead atoms. The number of benzene rings is 3. The Bertz CT molecular complexity index is 1010. The molecule has 1 saturated carbocycles. The molecule has 0 radical (unpaired) electrons. The van der Waals surface area contributed by atoms with Gasteiger partial charge in [0.2, 0.25) is 0 Å². The van der Waals surface area contributed by atoms with Gasteiger partial charge in [0.05, 0.1) is 5.92 Å². The maximum absolute atomic E-state index is 12.6. The highest BCUT2D eigenvalue weighted by atomic mass is 16.5. The average molecular weight is 386 g/mol. The van der Waals surface area contributed by atoms with Crippen molar-refractivity contribution in [2.24, 2.45) is 5.92 Å². The van der Waals surface area contributed by atoms with Crippen LogP contribution < -0.4 is 0 Å². The Kier molecular flexibility index (Phi) is 5.75. The Morgan fingerprint density at radius 1 is 1.03 bits per heavy atom. The van der Waals surface area contributed by atoms with E-state index in [0.717, 1.165) is 53.1 Å². The van der Waals surface area contributed by atoms with Gasteiger partial charge in [0, 0.05) is 12.3 Å². The Morgan fingerprint density at radius 2 is 1.79 bits per heavy atom. The Labute approximate surface area is 171 Å². The largest absolute Gasteiger partial charge is 0.460 e. The van der Waals surface area contributed by atoms with Crippen LogP contribution in [0.3, 0.4) is 0 Å². The smallest absolute Gasteiger partial charge is 0.313 e. The zero-order valence-electron chi connectivity index (χ0n) is 16.8. The lowest BCUT2D eigenvalue weighted by Gasteiger charge is -2.14. The van der Waals surface area contributed by atoms with Crippen LogP contribution in [0.1, 0.15) is 48.8 Å². The molecular weight excluding hydrogens is 360 g/mol. The number of esters is 1. The predicted octanol–water partition coefficient (Wildman–Crippen LogP) is 5.60. The highest BCUT2D eigenvalue weighted by molar-refractivity contribution is 5.86. The van der Waals surface area contributed by atoms with Crippen LogP contribution in [0.4, 0.5) is 0 Å². The zero-order chi connectivity index (χ0) is 20.2. The van der Waals surface area contributed by atoms with E-state index in [1.165, 1.54) is 0 Å². The summed E-state index contributed by atoms with van der Waals surface area (Å²) < 4.78 is 5.62. The van der Waals surface area contributed by atoms with Crippen molar-refractivity contribution in [3.8, 4) is 0 Å². The lowest BCUT2D eigenvalue weighted by atomic mass is 9.94. The molecule has 148 valence electrons. The first-order valence-electron chi connectivity index (χ1n) is 10.4. The number of carbonyl (C=O) groups is 2. The first kappa shape index (κ1) is 19.4. The fourth-order valence-corrected chi connectivity index (χ4v) is 4.16. The number of carbonyl (C=O) groups excluding carboxylic acids is 2. The van der Waals surface area contributed by atoms with E-state index in [-0.39, 0.29) is 24.4 Å². The summed E-state index contributed by atoms with van der Waals surface area (Å²) in [7, 11) is 0. The average Bonchev–Trinajstić information content (AvgIpc) is 3.16. The molecule has 3 aromatic rings. The van der Waals surface area contributed by atoms with E-state index in [2.05, 4.69) is 18.2 Å². The molecule has 0 spiro atoms. The van der Waals surface area contributed by atoms with Gasteiger partial charge < -0.3 is 4.74 Å². The molecule has 0 aliphatic heterocycles. The summed E-state index contributed by atoms with van der Waals surface area (Å²) in [5.74, 6) is 0.00665. The van der Waals surface area contributed by atoms with Crippen molar-refractivity contribution >= 4 is 22.5 Å². The number of hydrogen-bond donors (Lipinski definition) is 0. The van der Waals surface area contributed by atoms with Gasteiger partial charge in [-0.1, -0.05) is 66.7 Å². The van der Waals surface area contributed by atoms with Crippen molar-refractivity contribution in [2.75, 3.05) is 0 Å². The summed E-state index contributed by atoms with van der Waals surface area (Å²) in [6.45, 7) is 2.15. The minimum Gasteiger partial charge on any atom is -0.460 e. The molecule has 4 rings (SSSR count). The van der Waals surface area contributed by atoms with Gasteiger partial charge in [-0.25, -0.2) is 0 Å². The van der Waals surface area contributed by atoms with Gasteiger partial charge in [-0.15, -0.1) is 0 Å². The molecule has 0 N–H and O–H groups in total. The third-order valence-electron chi connectivity index (χ3n) is 6.00. The van der Waals surface area contributed by atoms with Crippen molar-refractivity contribution < 1.29 is 14.3 Å². The van der Waals surface area contributed by atoms with Crippen LogP contribution in [-0.2, 0) is 27.4 Å². The standard InChI is InChI=1S/C26H26O3/c1-18(20-14-12-19(13-15-20)16-22-8-5-11-25(22)27)26(28)29-17-23-9-4-7-21-6-2-3-10-24(21)23/h2-4,6-7,9-10,12-15,18,22H,5,8,11,16-17H2,1H3/t18-,22?/m0/s1. The second-order valence-electron chi connectivity index (χ2n) is 7.97. The first-order valence-corrected chi connectivity index (χ1v) is 10.4. The zero-order valence-corrected chi connectivity index (χ0v) is 16.8. The third-order valence-corrected chi connectivity index (χ3v) is 6.00. The van der Waals surface area contributed by atoms with E-state index in [0.29, 0.717) is 5.78 Å². The second-order valence-corrected chi connectivity index (χ2v) is 7.97. The molecule has 1 fully saturated rings. The van der Waals surface area contributed by atoms with Gasteiger partial charge in [-0.2, -0.15) is 0 Å². The van der Waals surface area contributed by atoms with Gasteiger partial charge in [0.1, 0.15) is 12.4 Å². The molecule has 0 heterocycles. The Morgan fingerprint density at radius 3 is 2.55 bits per heavy atom. The summed E-state index contributed by atoms with van der Waals surface area (Å²) >= 11 is 0. The summed E-state index contributed by atoms with van der Waals surface area (Å²) in [5.41, 5.74) is 3.11. The lowest BCUT2D eigenvalue weighted by Crippen LogP contribution is -2.13. The van der Waals surface area contributed by atoms with Gasteiger partial charge in [-0.05, 0) is 53.6 Å². The van der Waals surface area contributed by atoms with Crippen LogP contribution in [-0.4, -0.2) is 11.8 Å². The topological polar surface area (TPSA) is 43.4 Å². The maximum atomic E-state index is 12.6. The molecule has 0 saturated heterocycles. The summed E-state index contributed by atoms with van der Waals surface area (Å²) in [6.07, 6.45) is 3.54. The van der Waals surface area contributed by atoms with E-state index < -0.39 is 0 Å². The lowest BCUT2D eigenvalue weighted by molar-refractivity contribution is -0.146. The maximum Gasteiger partial charge on any atom is 0.313 e. The van der Waals surface area contributed by atoms with Crippen LogP contribution in [0.25, 0.3) is 10.8 Å². The van der Waals surface area contributed by atoms with Crippen LogP contribution in [0.5, 0.6) is 0 Å². The molecular formula is C26H26O3. The molecule has 3 aromatic carbocycles. The van der Waals surface area contributed by atoms with E-state index in [1.807, 2.05) is 55.5 Å². The molecule has 2 atom stereocenters. The Balaban J connectivity index is 1.38. The molecule has 3 heteroatoms. The number of rotatable bonds is 6. The Hall–Kier alpha value is -2.94.